The molecule has 5 atom stereocenters. The minimum atomic E-state index is 0.0145. The molecule has 0 aliphatic carbocycles. The van der Waals surface area contributed by atoms with Crippen LogP contribution in [-0.4, -0.2) is 41.4 Å². The van der Waals surface area contributed by atoms with Gasteiger partial charge in [0, 0.05) is 18.4 Å². The molecule has 0 aromatic rings. The Balaban J connectivity index is 2.57. The summed E-state index contributed by atoms with van der Waals surface area (Å²) in [6.07, 6.45) is 1.20. The summed E-state index contributed by atoms with van der Waals surface area (Å²) in [4.78, 5) is 14.6. The van der Waals surface area contributed by atoms with Crippen LogP contribution in [0.1, 0.15) is 34.1 Å². The van der Waals surface area contributed by atoms with Crippen LogP contribution in [0.25, 0.3) is 0 Å². The van der Waals surface area contributed by atoms with Crippen LogP contribution in [0.4, 0.5) is 0 Å². The normalized spacial score (nSPS) is 34.7. The first-order valence-electron chi connectivity index (χ1n) is 6.39. The molecule has 1 fully saturated rings. The Kier molecular flexibility index (Phi) is 5.45. The van der Waals surface area contributed by atoms with E-state index in [4.69, 9.17) is 4.74 Å². The van der Waals surface area contributed by atoms with Crippen LogP contribution in [0, 0.1) is 11.8 Å². The molecule has 0 aromatic heterocycles. The molecular formula is C13H24BrNO2. The molecule has 1 rings (SSSR count). The monoisotopic (exact) mass is 305 g/mol. The van der Waals surface area contributed by atoms with E-state index in [9.17, 15) is 4.79 Å². The molecule has 0 N–H and O–H groups in total. The van der Waals surface area contributed by atoms with E-state index < -0.39 is 0 Å². The van der Waals surface area contributed by atoms with Crippen molar-refractivity contribution < 1.29 is 9.53 Å². The van der Waals surface area contributed by atoms with Crippen LogP contribution >= 0.6 is 15.9 Å². The van der Waals surface area contributed by atoms with Gasteiger partial charge in [0.2, 0.25) is 5.91 Å². The molecule has 5 unspecified atom stereocenters. The van der Waals surface area contributed by atoms with Gasteiger partial charge in [0.15, 0.2) is 0 Å². The van der Waals surface area contributed by atoms with E-state index in [1.54, 1.807) is 0 Å². The van der Waals surface area contributed by atoms with E-state index >= 15 is 0 Å². The molecule has 1 saturated heterocycles. The highest BCUT2D eigenvalue weighted by molar-refractivity contribution is 9.09. The van der Waals surface area contributed by atoms with Crippen molar-refractivity contribution in [2.75, 3.05) is 13.6 Å². The van der Waals surface area contributed by atoms with Gasteiger partial charge in [-0.2, -0.15) is 0 Å². The first-order valence-corrected chi connectivity index (χ1v) is 7.30. The number of alkyl halides is 1. The first-order chi connectivity index (χ1) is 7.84. The minimum Gasteiger partial charge on any atom is -0.374 e. The summed E-state index contributed by atoms with van der Waals surface area (Å²) in [5.41, 5.74) is 0. The van der Waals surface area contributed by atoms with Crippen molar-refractivity contribution in [3.63, 3.8) is 0 Å². The number of carbonyl (C=O) groups excluding carboxylic acids is 1. The third-order valence-corrected chi connectivity index (χ3v) is 4.22. The van der Waals surface area contributed by atoms with E-state index in [1.807, 2.05) is 18.9 Å². The van der Waals surface area contributed by atoms with Crippen molar-refractivity contribution in [3.8, 4) is 0 Å². The fraction of sp³-hybridized carbons (Fsp3) is 0.923. The molecule has 1 heterocycles. The van der Waals surface area contributed by atoms with Gasteiger partial charge in [-0.25, -0.2) is 0 Å². The van der Waals surface area contributed by atoms with Gasteiger partial charge in [0.1, 0.15) is 0 Å². The van der Waals surface area contributed by atoms with Crippen LogP contribution in [0.15, 0.2) is 0 Å². The molecule has 0 bridgehead atoms. The van der Waals surface area contributed by atoms with E-state index in [2.05, 4.69) is 36.7 Å². The Morgan fingerprint density at radius 1 is 1.35 bits per heavy atom. The van der Waals surface area contributed by atoms with E-state index in [-0.39, 0.29) is 24.0 Å². The molecule has 17 heavy (non-hydrogen) atoms. The van der Waals surface area contributed by atoms with Crippen LogP contribution in [0.3, 0.4) is 0 Å². The zero-order valence-electron chi connectivity index (χ0n) is 11.4. The molecule has 1 aliphatic rings. The van der Waals surface area contributed by atoms with Gasteiger partial charge in [-0.05, 0) is 26.2 Å². The summed E-state index contributed by atoms with van der Waals surface area (Å²) in [5, 5.41) is 0. The van der Waals surface area contributed by atoms with Crippen molar-refractivity contribution in [2.24, 2.45) is 11.8 Å². The average Bonchev–Trinajstić information content (AvgIpc) is 2.49. The summed E-state index contributed by atoms with van der Waals surface area (Å²) in [5.74, 6) is 0.546. The second-order valence-corrected chi connectivity index (χ2v) is 6.82. The summed E-state index contributed by atoms with van der Waals surface area (Å²) < 4.78 is 5.73. The maximum atomic E-state index is 12.4. The molecule has 100 valence electrons. The molecule has 4 heteroatoms. The smallest absolute Gasteiger partial charge is 0.228 e. The number of hydrogen-bond acceptors (Lipinski definition) is 2. The number of ether oxygens (including phenoxy) is 1. The largest absolute Gasteiger partial charge is 0.374 e. The maximum Gasteiger partial charge on any atom is 0.228 e. The Labute approximate surface area is 113 Å². The lowest BCUT2D eigenvalue weighted by atomic mass is 9.88. The number of amides is 1. The second-order valence-electron chi connectivity index (χ2n) is 5.26. The fourth-order valence-corrected chi connectivity index (χ4v) is 2.63. The lowest BCUT2D eigenvalue weighted by Gasteiger charge is -2.25. The second kappa shape index (κ2) is 6.19. The van der Waals surface area contributed by atoms with Crippen molar-refractivity contribution in [1.82, 2.24) is 4.90 Å². The summed E-state index contributed by atoms with van der Waals surface area (Å²) in [6.45, 7) is 9.07. The maximum absolute atomic E-state index is 12.4. The first kappa shape index (κ1) is 15.0. The number of carbonyl (C=O) groups is 1. The van der Waals surface area contributed by atoms with Crippen molar-refractivity contribution in [1.29, 1.82) is 0 Å². The van der Waals surface area contributed by atoms with Crippen LogP contribution in [0.5, 0.6) is 0 Å². The highest BCUT2D eigenvalue weighted by atomic mass is 79.9. The molecule has 3 nitrogen and oxygen atoms in total. The van der Waals surface area contributed by atoms with Crippen LogP contribution in [0.2, 0.25) is 0 Å². The van der Waals surface area contributed by atoms with Crippen LogP contribution in [-0.2, 0) is 9.53 Å². The Hall–Kier alpha value is -0.0900. The van der Waals surface area contributed by atoms with Crippen molar-refractivity contribution in [2.45, 2.75) is 51.2 Å². The third-order valence-electron chi connectivity index (χ3n) is 3.77. The quantitative estimate of drug-likeness (QED) is 0.747. The van der Waals surface area contributed by atoms with Gasteiger partial charge >= 0.3 is 0 Å². The van der Waals surface area contributed by atoms with Gasteiger partial charge < -0.3 is 9.64 Å². The fourth-order valence-electron chi connectivity index (χ4n) is 2.43. The van der Waals surface area contributed by atoms with Crippen molar-refractivity contribution >= 4 is 21.8 Å². The highest BCUT2D eigenvalue weighted by Gasteiger charge is 2.42. The average molecular weight is 306 g/mol. The molecule has 0 radical (unpaired) electrons. The van der Waals surface area contributed by atoms with E-state index in [0.29, 0.717) is 10.7 Å². The predicted molar refractivity (Wildman–Crippen MR) is 73.3 cm³/mol. The minimum absolute atomic E-state index is 0.0145. The lowest BCUT2D eigenvalue weighted by molar-refractivity contribution is -0.136. The van der Waals surface area contributed by atoms with Gasteiger partial charge in [0.25, 0.3) is 0 Å². The van der Waals surface area contributed by atoms with Gasteiger partial charge in [0.05, 0.1) is 18.1 Å². The summed E-state index contributed by atoms with van der Waals surface area (Å²) >= 11 is 3.51. The SMILES string of the molecule is CC(Br)CCN(C)C(=O)C1C(C)OC(C)C1C. The van der Waals surface area contributed by atoms with Crippen LogP contribution < -0.4 is 0 Å². The molecule has 1 aliphatic heterocycles. The number of nitrogens with zero attached hydrogens (tertiary/aromatic N) is 1. The predicted octanol–water partition coefficient (Wildman–Crippen LogP) is 2.68. The van der Waals surface area contributed by atoms with Gasteiger partial charge in [-0.3, -0.25) is 4.79 Å². The third kappa shape index (κ3) is 3.68. The molecular weight excluding hydrogens is 282 g/mol. The zero-order chi connectivity index (χ0) is 13.2. The molecule has 0 saturated carbocycles. The number of hydrogen-bond donors (Lipinski definition) is 0. The summed E-state index contributed by atoms with van der Waals surface area (Å²) in [6, 6.07) is 0. The standard InChI is InChI=1S/C13H24BrNO2/c1-8(14)6-7-15(5)13(16)12-9(2)10(3)17-11(12)4/h8-12H,6-7H2,1-5H3. The highest BCUT2D eigenvalue weighted by Crippen LogP contribution is 2.33. The van der Waals surface area contributed by atoms with Crippen molar-refractivity contribution in [3.05, 3.63) is 0 Å². The van der Waals surface area contributed by atoms with Gasteiger partial charge in [-0.1, -0.05) is 29.8 Å². The number of rotatable bonds is 4. The Morgan fingerprint density at radius 3 is 2.35 bits per heavy atom. The van der Waals surface area contributed by atoms with E-state index in [1.165, 1.54) is 0 Å². The Bertz CT molecular complexity index is 270. The molecule has 1 amide bonds. The lowest BCUT2D eigenvalue weighted by Crippen LogP contribution is -2.39. The molecule has 0 aromatic carbocycles. The van der Waals surface area contributed by atoms with E-state index in [0.717, 1.165) is 13.0 Å². The zero-order valence-corrected chi connectivity index (χ0v) is 13.0. The topological polar surface area (TPSA) is 29.5 Å². The number of halogens is 1. The summed E-state index contributed by atoms with van der Waals surface area (Å²) in [7, 11) is 1.89. The van der Waals surface area contributed by atoms with Gasteiger partial charge in [-0.15, -0.1) is 0 Å². The Morgan fingerprint density at radius 2 is 1.94 bits per heavy atom. The molecule has 0 spiro atoms.